The fourth-order valence-corrected chi connectivity index (χ4v) is 5.29. The predicted octanol–water partition coefficient (Wildman–Crippen LogP) is 5.21. The van der Waals surface area contributed by atoms with Crippen LogP contribution < -0.4 is 9.47 Å². The largest absolute Gasteiger partial charge is 0.465 e. The van der Waals surface area contributed by atoms with Crippen molar-refractivity contribution in [1.29, 1.82) is 0 Å². The molecular weight excluding hydrogens is 416 g/mol. The number of ether oxygens (including phenoxy) is 3. The van der Waals surface area contributed by atoms with Gasteiger partial charge >= 0.3 is 5.97 Å². The predicted molar refractivity (Wildman–Crippen MR) is 109 cm³/mol. The lowest BCUT2D eigenvalue weighted by molar-refractivity contribution is -0.141. The third kappa shape index (κ3) is 3.64. The maximum absolute atomic E-state index is 13.2. The quantitative estimate of drug-likeness (QED) is 0.598. The van der Waals surface area contributed by atoms with Crippen LogP contribution in [0.2, 0.25) is 5.02 Å². The average Bonchev–Trinajstić information content (AvgIpc) is 3.07. The van der Waals surface area contributed by atoms with E-state index in [9.17, 15) is 13.6 Å². The first-order valence-electron chi connectivity index (χ1n) is 10.4. The van der Waals surface area contributed by atoms with Crippen LogP contribution in [0, 0.1) is 12.8 Å². The van der Waals surface area contributed by atoms with E-state index in [1.807, 2.05) is 14.0 Å². The van der Waals surface area contributed by atoms with Crippen LogP contribution in [0.25, 0.3) is 0 Å². The summed E-state index contributed by atoms with van der Waals surface area (Å²) >= 11 is 6.38. The van der Waals surface area contributed by atoms with Crippen LogP contribution in [0.1, 0.15) is 61.4 Å². The first-order chi connectivity index (χ1) is 14.0. The number of rotatable bonds is 4. The number of carbonyl (C=O) groups excluding carboxylic acids is 1. The van der Waals surface area contributed by atoms with E-state index in [2.05, 4.69) is 4.90 Å². The molecule has 1 aromatic rings. The number of methoxy groups -OCH3 is 1. The first kappa shape index (κ1) is 21.6. The molecule has 2 fully saturated rings. The Morgan fingerprint density at radius 1 is 1.17 bits per heavy atom. The molecule has 1 atom stereocenters. The standard InChI is InChI=1S/C22H28ClF2NO4/c1-12-16(20(27)28-4)9-17(23)19-18(12)29-21(2,30-19)13-5-7-14(8-6-13)26(3)15-10-22(24,25)11-15/h9,13-15H,5-8,10-11H2,1-4H3. The van der Waals surface area contributed by atoms with Gasteiger partial charge < -0.3 is 19.1 Å². The van der Waals surface area contributed by atoms with Gasteiger partial charge in [-0.25, -0.2) is 13.6 Å². The Balaban J connectivity index is 1.43. The van der Waals surface area contributed by atoms with E-state index in [4.69, 9.17) is 25.8 Å². The van der Waals surface area contributed by atoms with Gasteiger partial charge in [-0.1, -0.05) is 11.6 Å². The minimum absolute atomic E-state index is 0.0291. The number of hydrogen-bond donors (Lipinski definition) is 0. The number of nitrogens with zero attached hydrogens (tertiary/aromatic N) is 1. The van der Waals surface area contributed by atoms with Crippen molar-refractivity contribution in [2.75, 3.05) is 14.2 Å². The van der Waals surface area contributed by atoms with Crippen molar-refractivity contribution >= 4 is 17.6 Å². The second-order valence-electron chi connectivity index (χ2n) is 8.99. The van der Waals surface area contributed by atoms with E-state index >= 15 is 0 Å². The highest BCUT2D eigenvalue weighted by atomic mass is 35.5. The average molecular weight is 444 g/mol. The topological polar surface area (TPSA) is 48.0 Å². The lowest BCUT2D eigenvalue weighted by Crippen LogP contribution is -2.54. The molecule has 1 unspecified atom stereocenters. The second kappa shape index (κ2) is 7.52. The van der Waals surface area contributed by atoms with Crippen molar-refractivity contribution in [3.05, 3.63) is 22.2 Å². The maximum atomic E-state index is 13.2. The number of benzene rings is 1. The second-order valence-corrected chi connectivity index (χ2v) is 9.40. The highest BCUT2D eigenvalue weighted by Crippen LogP contribution is 2.52. The minimum Gasteiger partial charge on any atom is -0.465 e. The summed E-state index contributed by atoms with van der Waals surface area (Å²) in [5.74, 6) is -2.77. The molecule has 0 amide bonds. The summed E-state index contributed by atoms with van der Waals surface area (Å²) in [6.07, 6.45) is 3.46. The number of esters is 1. The van der Waals surface area contributed by atoms with Gasteiger partial charge in [0.05, 0.1) is 17.7 Å². The Kier molecular flexibility index (Phi) is 5.42. The molecule has 2 aliphatic carbocycles. The van der Waals surface area contributed by atoms with Gasteiger partial charge in [-0.05, 0) is 45.7 Å². The highest BCUT2D eigenvalue weighted by molar-refractivity contribution is 6.32. The normalized spacial score (nSPS) is 30.3. The van der Waals surface area contributed by atoms with E-state index in [1.165, 1.54) is 7.11 Å². The fourth-order valence-electron chi connectivity index (χ4n) is 5.06. The molecule has 4 rings (SSSR count). The zero-order chi connectivity index (χ0) is 21.8. The van der Waals surface area contributed by atoms with Crippen LogP contribution in [0.15, 0.2) is 6.07 Å². The van der Waals surface area contributed by atoms with E-state index in [0.29, 0.717) is 33.7 Å². The number of hydrogen-bond acceptors (Lipinski definition) is 5. The monoisotopic (exact) mass is 443 g/mol. The maximum Gasteiger partial charge on any atom is 0.338 e. The smallest absolute Gasteiger partial charge is 0.338 e. The Morgan fingerprint density at radius 3 is 2.33 bits per heavy atom. The third-order valence-corrected chi connectivity index (χ3v) is 7.39. The molecule has 1 heterocycles. The van der Waals surface area contributed by atoms with Crippen molar-refractivity contribution in [1.82, 2.24) is 4.90 Å². The molecular formula is C22H28ClF2NO4. The summed E-state index contributed by atoms with van der Waals surface area (Å²) in [5.41, 5.74) is 1.00. The van der Waals surface area contributed by atoms with E-state index in [1.54, 1.807) is 13.0 Å². The number of halogens is 3. The van der Waals surface area contributed by atoms with Crippen molar-refractivity contribution in [3.63, 3.8) is 0 Å². The zero-order valence-corrected chi connectivity index (χ0v) is 18.5. The Labute approximate surface area is 180 Å². The molecule has 0 spiro atoms. The molecule has 0 aromatic heterocycles. The molecule has 30 heavy (non-hydrogen) atoms. The van der Waals surface area contributed by atoms with Gasteiger partial charge in [0.1, 0.15) is 0 Å². The molecule has 1 aliphatic heterocycles. The molecule has 0 N–H and O–H groups in total. The van der Waals surface area contributed by atoms with E-state index in [0.717, 1.165) is 25.7 Å². The molecule has 3 aliphatic rings. The molecule has 5 nitrogen and oxygen atoms in total. The number of carbonyl (C=O) groups is 1. The molecule has 0 saturated heterocycles. The summed E-state index contributed by atoms with van der Waals surface area (Å²) in [4.78, 5) is 14.2. The van der Waals surface area contributed by atoms with Gasteiger partial charge in [-0.15, -0.1) is 0 Å². The summed E-state index contributed by atoms with van der Waals surface area (Å²) in [5, 5.41) is 0.319. The summed E-state index contributed by atoms with van der Waals surface area (Å²) in [7, 11) is 3.28. The first-order valence-corrected chi connectivity index (χ1v) is 10.8. The van der Waals surface area contributed by atoms with Gasteiger partial charge in [0.15, 0.2) is 11.5 Å². The van der Waals surface area contributed by atoms with Crippen molar-refractivity contribution in [3.8, 4) is 11.5 Å². The summed E-state index contributed by atoms with van der Waals surface area (Å²) < 4.78 is 43.7. The van der Waals surface area contributed by atoms with Crippen LogP contribution >= 0.6 is 11.6 Å². The van der Waals surface area contributed by atoms with Gasteiger partial charge in [-0.3, -0.25) is 0 Å². The third-order valence-electron chi connectivity index (χ3n) is 7.11. The fraction of sp³-hybridized carbons (Fsp3) is 0.682. The van der Waals surface area contributed by atoms with Gasteiger partial charge in [0.25, 0.3) is 11.7 Å². The van der Waals surface area contributed by atoms with Crippen molar-refractivity contribution in [2.24, 2.45) is 5.92 Å². The van der Waals surface area contributed by atoms with Gasteiger partial charge in [0, 0.05) is 43.3 Å². The molecule has 8 heteroatoms. The SMILES string of the molecule is COC(=O)c1cc(Cl)c2c(c1C)OC(C)(C1CCC(N(C)C3CC(F)(F)C3)CC1)O2. The number of fused-ring (bicyclic) bond motifs is 1. The summed E-state index contributed by atoms with van der Waals surface area (Å²) in [6, 6.07) is 1.82. The zero-order valence-electron chi connectivity index (χ0n) is 17.8. The number of alkyl halides is 2. The lowest BCUT2D eigenvalue weighted by atomic mass is 9.79. The molecule has 0 bridgehead atoms. The Morgan fingerprint density at radius 2 is 1.77 bits per heavy atom. The summed E-state index contributed by atoms with van der Waals surface area (Å²) in [6.45, 7) is 3.69. The molecule has 0 radical (unpaired) electrons. The van der Waals surface area contributed by atoms with Crippen LogP contribution in [0.3, 0.4) is 0 Å². The Bertz CT molecular complexity index is 848. The van der Waals surface area contributed by atoms with Crippen LogP contribution in [-0.4, -0.2) is 48.8 Å². The van der Waals surface area contributed by atoms with E-state index in [-0.39, 0.29) is 24.8 Å². The highest BCUT2D eigenvalue weighted by Gasteiger charge is 2.50. The van der Waals surface area contributed by atoms with Crippen molar-refractivity contribution in [2.45, 2.75) is 76.2 Å². The molecule has 1 aromatic carbocycles. The van der Waals surface area contributed by atoms with Crippen LogP contribution in [-0.2, 0) is 4.74 Å². The van der Waals surface area contributed by atoms with Crippen molar-refractivity contribution < 1.29 is 27.8 Å². The van der Waals surface area contributed by atoms with Crippen LogP contribution in [0.4, 0.5) is 8.78 Å². The molecule has 166 valence electrons. The van der Waals surface area contributed by atoms with Crippen LogP contribution in [0.5, 0.6) is 11.5 Å². The Hall–Kier alpha value is -1.60. The van der Waals surface area contributed by atoms with Gasteiger partial charge in [0.2, 0.25) is 0 Å². The van der Waals surface area contributed by atoms with Gasteiger partial charge in [-0.2, -0.15) is 0 Å². The lowest BCUT2D eigenvalue weighted by Gasteiger charge is -2.47. The molecule has 2 saturated carbocycles. The van der Waals surface area contributed by atoms with E-state index < -0.39 is 17.7 Å². The minimum atomic E-state index is -2.50.